The van der Waals surface area contributed by atoms with Crippen LogP contribution >= 0.6 is 0 Å². The molecule has 0 saturated heterocycles. The van der Waals surface area contributed by atoms with Crippen molar-refractivity contribution in [3.63, 3.8) is 0 Å². The van der Waals surface area contributed by atoms with Gasteiger partial charge in [0.05, 0.1) is 0 Å². The SMILES string of the molecule is Cc1cc(C)cc(C)c1.Cc1cc(C)cc(C)c1.[K].[V]. The average molecular weight is 330 g/mol. The van der Waals surface area contributed by atoms with Gasteiger partial charge in [0.25, 0.3) is 0 Å². The summed E-state index contributed by atoms with van der Waals surface area (Å²) in [6.45, 7) is 12.8. The monoisotopic (exact) mass is 330 g/mol. The first-order chi connectivity index (χ1) is 8.36. The molecule has 0 spiro atoms. The molecule has 0 aromatic heterocycles. The van der Waals surface area contributed by atoms with Gasteiger partial charge < -0.3 is 0 Å². The van der Waals surface area contributed by atoms with E-state index in [9.17, 15) is 0 Å². The maximum atomic E-state index is 2.19. The Morgan fingerprint density at radius 2 is 0.500 bits per heavy atom. The molecule has 0 amide bonds. The third-order valence-electron chi connectivity index (χ3n) is 2.73. The number of aryl methyl sites for hydroxylation is 6. The fraction of sp³-hybridized carbons (Fsp3) is 0.333. The minimum absolute atomic E-state index is 0. The molecule has 0 heterocycles. The zero-order chi connectivity index (χ0) is 13.7. The summed E-state index contributed by atoms with van der Waals surface area (Å²) in [7, 11) is 0. The molecule has 0 unspecified atom stereocenters. The number of benzene rings is 2. The van der Waals surface area contributed by atoms with Crippen molar-refractivity contribution >= 4 is 51.4 Å². The molecule has 2 aromatic rings. The van der Waals surface area contributed by atoms with Crippen molar-refractivity contribution in [2.75, 3.05) is 0 Å². The first-order valence-corrected chi connectivity index (χ1v) is 6.46. The Balaban J connectivity index is 0. The molecule has 20 heavy (non-hydrogen) atoms. The molecule has 102 valence electrons. The second kappa shape index (κ2) is 11.3. The van der Waals surface area contributed by atoms with E-state index in [1.165, 1.54) is 33.4 Å². The fourth-order valence-corrected chi connectivity index (χ4v) is 2.40. The Labute approximate surface area is 179 Å². The van der Waals surface area contributed by atoms with E-state index in [1.54, 1.807) is 0 Å². The molecule has 2 radical (unpaired) electrons. The van der Waals surface area contributed by atoms with Crippen molar-refractivity contribution < 1.29 is 18.6 Å². The van der Waals surface area contributed by atoms with Gasteiger partial charge in [0.1, 0.15) is 0 Å². The first-order valence-electron chi connectivity index (χ1n) is 6.46. The maximum absolute atomic E-state index is 2.19. The summed E-state index contributed by atoms with van der Waals surface area (Å²) in [6.07, 6.45) is 0. The van der Waals surface area contributed by atoms with E-state index in [4.69, 9.17) is 0 Å². The van der Waals surface area contributed by atoms with Gasteiger partial charge in [-0.2, -0.15) is 0 Å². The van der Waals surface area contributed by atoms with Crippen LogP contribution in [0.25, 0.3) is 0 Å². The number of rotatable bonds is 0. The van der Waals surface area contributed by atoms with Crippen LogP contribution < -0.4 is 0 Å². The summed E-state index contributed by atoms with van der Waals surface area (Å²) in [5.41, 5.74) is 8.13. The molecule has 0 aliphatic rings. The molecule has 0 fully saturated rings. The van der Waals surface area contributed by atoms with Crippen LogP contribution in [0.1, 0.15) is 33.4 Å². The van der Waals surface area contributed by atoms with Gasteiger partial charge in [-0.3, -0.25) is 0 Å². The van der Waals surface area contributed by atoms with Crippen LogP contribution in [0, 0.1) is 41.5 Å². The van der Waals surface area contributed by atoms with Crippen LogP contribution in [0.5, 0.6) is 0 Å². The van der Waals surface area contributed by atoms with Gasteiger partial charge in [-0.05, 0) is 41.5 Å². The van der Waals surface area contributed by atoms with Crippen LogP contribution in [0.4, 0.5) is 0 Å². The second-order valence-electron chi connectivity index (χ2n) is 5.33. The normalized spacial score (nSPS) is 8.70. The van der Waals surface area contributed by atoms with Crippen LogP contribution in [0.2, 0.25) is 0 Å². The smallest absolute Gasteiger partial charge is 0 e. The first kappa shape index (κ1) is 22.9. The zero-order valence-corrected chi connectivity index (χ0v) is 18.4. The maximum Gasteiger partial charge on any atom is 0 e. The summed E-state index contributed by atoms with van der Waals surface area (Å²) in [4.78, 5) is 0. The van der Waals surface area contributed by atoms with Gasteiger partial charge >= 0.3 is 0 Å². The Morgan fingerprint density at radius 3 is 0.600 bits per heavy atom. The Hall–Kier alpha value is 0.661. The largest absolute Gasteiger partial charge is 0.0564 e. The van der Waals surface area contributed by atoms with Gasteiger partial charge in [0, 0.05) is 69.9 Å². The summed E-state index contributed by atoms with van der Waals surface area (Å²) >= 11 is 0. The van der Waals surface area contributed by atoms with E-state index in [1.807, 2.05) is 0 Å². The minimum atomic E-state index is 0. The van der Waals surface area contributed by atoms with Crippen LogP contribution in [-0.4, -0.2) is 51.4 Å². The molecular weight excluding hydrogens is 306 g/mol. The predicted molar refractivity (Wildman–Crippen MR) is 87.1 cm³/mol. The Morgan fingerprint density at radius 1 is 0.400 bits per heavy atom. The van der Waals surface area contributed by atoms with E-state index in [0.29, 0.717) is 0 Å². The van der Waals surface area contributed by atoms with Gasteiger partial charge in [-0.15, -0.1) is 0 Å². The van der Waals surface area contributed by atoms with Crippen molar-refractivity contribution in [1.29, 1.82) is 0 Å². The molecule has 0 N–H and O–H groups in total. The molecule has 0 atom stereocenters. The number of hydrogen-bond acceptors (Lipinski definition) is 0. The third-order valence-corrected chi connectivity index (χ3v) is 2.73. The van der Waals surface area contributed by atoms with Gasteiger partial charge in [0.15, 0.2) is 0 Å². The van der Waals surface area contributed by atoms with Crippen LogP contribution in [-0.2, 0) is 18.6 Å². The van der Waals surface area contributed by atoms with E-state index in [-0.39, 0.29) is 69.9 Å². The quantitative estimate of drug-likeness (QED) is 0.606. The Kier molecular flexibility index (Phi) is 12.9. The van der Waals surface area contributed by atoms with Gasteiger partial charge in [-0.25, -0.2) is 0 Å². The topological polar surface area (TPSA) is 0 Å². The van der Waals surface area contributed by atoms with Crippen molar-refractivity contribution in [1.82, 2.24) is 0 Å². The fourth-order valence-electron chi connectivity index (χ4n) is 2.40. The molecule has 0 aliphatic heterocycles. The molecule has 2 rings (SSSR count). The van der Waals surface area contributed by atoms with Crippen LogP contribution in [0.15, 0.2) is 36.4 Å². The summed E-state index contributed by atoms with van der Waals surface area (Å²) < 4.78 is 0. The molecule has 2 aromatic carbocycles. The summed E-state index contributed by atoms with van der Waals surface area (Å²) in [5, 5.41) is 0. The molecule has 0 aliphatic carbocycles. The van der Waals surface area contributed by atoms with E-state index >= 15 is 0 Å². The third kappa shape index (κ3) is 9.57. The summed E-state index contributed by atoms with van der Waals surface area (Å²) in [6, 6.07) is 13.1. The number of hydrogen-bond donors (Lipinski definition) is 0. The summed E-state index contributed by atoms with van der Waals surface area (Å²) in [5.74, 6) is 0. The molecule has 0 nitrogen and oxygen atoms in total. The second-order valence-corrected chi connectivity index (χ2v) is 5.33. The van der Waals surface area contributed by atoms with Gasteiger partial charge in [-0.1, -0.05) is 69.8 Å². The predicted octanol–water partition coefficient (Wildman–Crippen LogP) is 4.84. The van der Waals surface area contributed by atoms with Crippen molar-refractivity contribution in [3.8, 4) is 0 Å². The van der Waals surface area contributed by atoms with E-state index in [0.717, 1.165) is 0 Å². The molecule has 2 heteroatoms. The van der Waals surface area contributed by atoms with Crippen molar-refractivity contribution in [2.45, 2.75) is 41.5 Å². The minimum Gasteiger partial charge on any atom is -0.0564 e. The standard InChI is InChI=1S/2C9H12.K.V/c2*1-7-4-8(2)6-9(3)5-7;;/h2*4-6H,1-3H3;;. The molecular formula is C18H24KV. The zero-order valence-electron chi connectivity index (χ0n) is 13.9. The Bertz CT molecular complexity index is 382. The van der Waals surface area contributed by atoms with Gasteiger partial charge in [0.2, 0.25) is 0 Å². The van der Waals surface area contributed by atoms with Crippen molar-refractivity contribution in [2.24, 2.45) is 0 Å². The van der Waals surface area contributed by atoms with E-state index in [2.05, 4.69) is 77.9 Å². The van der Waals surface area contributed by atoms with Crippen LogP contribution in [0.3, 0.4) is 0 Å². The van der Waals surface area contributed by atoms with E-state index < -0.39 is 0 Å². The van der Waals surface area contributed by atoms with Crippen molar-refractivity contribution in [3.05, 3.63) is 69.8 Å². The average Bonchev–Trinajstić information content (AvgIpc) is 2.12. The molecule has 0 bridgehead atoms. The molecule has 0 saturated carbocycles.